The van der Waals surface area contributed by atoms with Gasteiger partial charge in [0, 0.05) is 19.5 Å². The molecule has 2 aromatic heterocycles. The molecule has 2 N–H and O–H groups in total. The van der Waals surface area contributed by atoms with Crippen LogP contribution in [0.2, 0.25) is 0 Å². The Morgan fingerprint density at radius 3 is 3.00 bits per heavy atom. The molecule has 17 heavy (non-hydrogen) atoms. The summed E-state index contributed by atoms with van der Waals surface area (Å²) in [7, 11) is 1.87. The van der Waals surface area contributed by atoms with E-state index in [-0.39, 0.29) is 6.04 Å². The third-order valence-electron chi connectivity index (χ3n) is 2.62. The summed E-state index contributed by atoms with van der Waals surface area (Å²) in [6.07, 6.45) is 4.18. The van der Waals surface area contributed by atoms with Crippen LogP contribution < -0.4 is 5.73 Å². The Labute approximate surface area is 104 Å². The highest BCUT2D eigenvalue weighted by Gasteiger charge is 2.17. The molecule has 92 valence electrons. The van der Waals surface area contributed by atoms with E-state index in [0.717, 1.165) is 29.2 Å². The number of aryl methyl sites for hydroxylation is 2. The Bertz CT molecular complexity index is 477. The van der Waals surface area contributed by atoms with Gasteiger partial charge in [-0.15, -0.1) is 5.10 Å². The molecule has 7 heteroatoms. The van der Waals surface area contributed by atoms with E-state index < -0.39 is 0 Å². The lowest BCUT2D eigenvalue weighted by molar-refractivity contribution is 0.629. The minimum atomic E-state index is -0.0977. The van der Waals surface area contributed by atoms with Crippen LogP contribution in [0.25, 0.3) is 0 Å². The molecule has 0 aliphatic heterocycles. The van der Waals surface area contributed by atoms with Crippen molar-refractivity contribution in [3.63, 3.8) is 0 Å². The monoisotopic (exact) mass is 252 g/mol. The van der Waals surface area contributed by atoms with Gasteiger partial charge in [-0.2, -0.15) is 5.10 Å². The van der Waals surface area contributed by atoms with E-state index >= 15 is 0 Å². The summed E-state index contributed by atoms with van der Waals surface area (Å²) in [6.45, 7) is 2.12. The van der Waals surface area contributed by atoms with E-state index in [1.54, 1.807) is 11.0 Å². The number of rotatable bonds is 5. The first-order valence-electron chi connectivity index (χ1n) is 5.62. The van der Waals surface area contributed by atoms with Gasteiger partial charge in [-0.05, 0) is 18.0 Å². The maximum Gasteiger partial charge on any atom is 0.138 e. The number of hydrogen-bond donors (Lipinski definition) is 1. The number of nitrogens with two attached hydrogens (primary N) is 1. The zero-order valence-corrected chi connectivity index (χ0v) is 10.8. The van der Waals surface area contributed by atoms with Crippen LogP contribution in [0, 0.1) is 0 Å². The molecule has 0 radical (unpaired) electrons. The highest BCUT2D eigenvalue weighted by molar-refractivity contribution is 7.05. The smallest absolute Gasteiger partial charge is 0.138 e. The first kappa shape index (κ1) is 12.1. The molecule has 0 spiro atoms. The van der Waals surface area contributed by atoms with Crippen molar-refractivity contribution in [1.82, 2.24) is 24.4 Å². The minimum absolute atomic E-state index is 0.0977. The summed E-state index contributed by atoms with van der Waals surface area (Å²) in [5, 5.41) is 8.16. The Hall–Kier alpha value is -1.34. The van der Waals surface area contributed by atoms with Gasteiger partial charge in [-0.1, -0.05) is 17.8 Å². The molecule has 2 rings (SSSR count). The van der Waals surface area contributed by atoms with E-state index in [9.17, 15) is 0 Å². The predicted octanol–water partition coefficient (Wildman–Crippen LogP) is 0.862. The molecule has 2 aromatic rings. The van der Waals surface area contributed by atoms with E-state index in [1.807, 2.05) is 7.05 Å². The molecule has 0 fully saturated rings. The molecule has 0 bridgehead atoms. The summed E-state index contributed by atoms with van der Waals surface area (Å²) in [5.41, 5.74) is 7.20. The second kappa shape index (κ2) is 5.33. The normalized spacial score (nSPS) is 12.9. The van der Waals surface area contributed by atoms with Gasteiger partial charge in [0.1, 0.15) is 12.2 Å². The average Bonchev–Trinajstić information content (AvgIpc) is 2.89. The topological polar surface area (TPSA) is 82.5 Å². The van der Waals surface area contributed by atoms with Gasteiger partial charge in [0.15, 0.2) is 0 Å². The van der Waals surface area contributed by atoms with Crippen molar-refractivity contribution < 1.29 is 0 Å². The third kappa shape index (κ3) is 2.67. The van der Waals surface area contributed by atoms with E-state index in [4.69, 9.17) is 5.73 Å². The van der Waals surface area contributed by atoms with Gasteiger partial charge in [0.05, 0.1) is 10.6 Å². The van der Waals surface area contributed by atoms with Gasteiger partial charge >= 0.3 is 0 Å². The summed E-state index contributed by atoms with van der Waals surface area (Å²) in [6, 6.07) is -0.0977. The summed E-state index contributed by atoms with van der Waals surface area (Å²) in [5.74, 6) is 0.883. The first-order chi connectivity index (χ1) is 8.22. The van der Waals surface area contributed by atoms with E-state index in [2.05, 4.69) is 26.6 Å². The Kier molecular flexibility index (Phi) is 3.80. The first-order valence-corrected chi connectivity index (χ1v) is 6.39. The van der Waals surface area contributed by atoms with Crippen molar-refractivity contribution in [3.8, 4) is 0 Å². The van der Waals surface area contributed by atoms with Crippen LogP contribution in [0.4, 0.5) is 0 Å². The van der Waals surface area contributed by atoms with Crippen molar-refractivity contribution in [3.05, 3.63) is 22.7 Å². The van der Waals surface area contributed by atoms with Crippen molar-refractivity contribution in [2.45, 2.75) is 32.2 Å². The summed E-state index contributed by atoms with van der Waals surface area (Å²) < 4.78 is 5.73. The predicted molar refractivity (Wildman–Crippen MR) is 65.5 cm³/mol. The lowest BCUT2D eigenvalue weighted by atomic mass is 10.1. The van der Waals surface area contributed by atoms with Gasteiger partial charge in [0.25, 0.3) is 0 Å². The van der Waals surface area contributed by atoms with E-state index in [1.165, 1.54) is 11.5 Å². The SMILES string of the molecule is CCCc1nnsc1C(N)Cc1ncnn1C. The fourth-order valence-electron chi connectivity index (χ4n) is 1.70. The van der Waals surface area contributed by atoms with Crippen LogP contribution in [0.15, 0.2) is 6.33 Å². The molecule has 1 unspecified atom stereocenters. The molecular formula is C10H16N6S. The molecule has 2 heterocycles. The Morgan fingerprint density at radius 2 is 2.35 bits per heavy atom. The molecule has 0 amide bonds. The zero-order valence-electron chi connectivity index (χ0n) is 10.00. The standard InChI is InChI=1S/C10H16N6S/c1-3-4-8-10(17-15-14-8)7(11)5-9-12-6-13-16(9)2/h6-7H,3-5,11H2,1-2H3. The quantitative estimate of drug-likeness (QED) is 0.853. The van der Waals surface area contributed by atoms with E-state index in [0.29, 0.717) is 6.42 Å². The lowest BCUT2D eigenvalue weighted by Gasteiger charge is -2.09. The van der Waals surface area contributed by atoms with Crippen LogP contribution in [-0.4, -0.2) is 24.4 Å². The molecule has 0 saturated heterocycles. The third-order valence-corrected chi connectivity index (χ3v) is 3.51. The van der Waals surface area contributed by atoms with Crippen LogP contribution in [0.1, 0.15) is 35.8 Å². The number of hydrogen-bond acceptors (Lipinski definition) is 6. The van der Waals surface area contributed by atoms with Crippen LogP contribution in [0.3, 0.4) is 0 Å². The molecule has 0 aliphatic rings. The van der Waals surface area contributed by atoms with Crippen LogP contribution in [0.5, 0.6) is 0 Å². The maximum atomic E-state index is 6.18. The second-order valence-electron chi connectivity index (χ2n) is 3.94. The van der Waals surface area contributed by atoms with Crippen LogP contribution >= 0.6 is 11.5 Å². The largest absolute Gasteiger partial charge is 0.323 e. The fourth-order valence-corrected chi connectivity index (χ4v) is 2.40. The molecule has 0 saturated carbocycles. The molecule has 0 aromatic carbocycles. The number of nitrogens with zero attached hydrogens (tertiary/aromatic N) is 5. The molecule has 6 nitrogen and oxygen atoms in total. The summed E-state index contributed by atoms with van der Waals surface area (Å²) >= 11 is 1.38. The van der Waals surface area contributed by atoms with Crippen LogP contribution in [-0.2, 0) is 19.9 Å². The zero-order chi connectivity index (χ0) is 12.3. The fraction of sp³-hybridized carbons (Fsp3) is 0.600. The van der Waals surface area contributed by atoms with Crippen molar-refractivity contribution in [1.29, 1.82) is 0 Å². The maximum absolute atomic E-state index is 6.18. The van der Waals surface area contributed by atoms with Crippen molar-refractivity contribution in [2.24, 2.45) is 12.8 Å². The average molecular weight is 252 g/mol. The molecule has 0 aliphatic carbocycles. The lowest BCUT2D eigenvalue weighted by Crippen LogP contribution is -2.16. The Balaban J connectivity index is 2.11. The highest BCUT2D eigenvalue weighted by Crippen LogP contribution is 2.22. The van der Waals surface area contributed by atoms with Crippen molar-refractivity contribution >= 4 is 11.5 Å². The molecule has 1 atom stereocenters. The molecular weight excluding hydrogens is 236 g/mol. The van der Waals surface area contributed by atoms with Gasteiger partial charge in [-0.25, -0.2) is 4.98 Å². The second-order valence-corrected chi connectivity index (χ2v) is 4.73. The van der Waals surface area contributed by atoms with Crippen molar-refractivity contribution in [2.75, 3.05) is 0 Å². The summed E-state index contributed by atoms with van der Waals surface area (Å²) in [4.78, 5) is 5.24. The number of aromatic nitrogens is 5. The van der Waals surface area contributed by atoms with Gasteiger partial charge in [-0.3, -0.25) is 4.68 Å². The van der Waals surface area contributed by atoms with Gasteiger partial charge < -0.3 is 5.73 Å². The highest BCUT2D eigenvalue weighted by atomic mass is 32.1. The van der Waals surface area contributed by atoms with Gasteiger partial charge in [0.2, 0.25) is 0 Å². The minimum Gasteiger partial charge on any atom is -0.323 e. The Morgan fingerprint density at radius 1 is 1.53 bits per heavy atom.